The number of nitrogens with zero attached hydrogens (tertiary/aromatic N) is 2. The molecule has 1 saturated heterocycles. The van der Waals surface area contributed by atoms with E-state index in [1.54, 1.807) is 18.4 Å². The summed E-state index contributed by atoms with van der Waals surface area (Å²) in [7, 11) is 1.72. The largest absolute Gasteiger partial charge is 0.378 e. The zero-order valence-corrected chi connectivity index (χ0v) is 13.6. The highest BCUT2D eigenvalue weighted by Gasteiger charge is 2.23. The van der Waals surface area contributed by atoms with Gasteiger partial charge >= 0.3 is 0 Å². The number of hydrogen-bond acceptors (Lipinski definition) is 6. The minimum atomic E-state index is 0.385. The highest BCUT2D eigenvalue weighted by molar-refractivity contribution is 7.15. The monoisotopic (exact) mass is 299 g/mol. The van der Waals surface area contributed by atoms with E-state index in [9.17, 15) is 0 Å². The van der Waals surface area contributed by atoms with Gasteiger partial charge in [0.2, 0.25) is 0 Å². The Labute approximate surface area is 125 Å². The zero-order chi connectivity index (χ0) is 14.5. The van der Waals surface area contributed by atoms with Gasteiger partial charge in [0.05, 0.1) is 31.6 Å². The average molecular weight is 299 g/mol. The van der Waals surface area contributed by atoms with Crippen molar-refractivity contribution in [2.75, 3.05) is 31.8 Å². The zero-order valence-electron chi connectivity index (χ0n) is 12.8. The Morgan fingerprint density at radius 1 is 1.55 bits per heavy atom. The van der Waals surface area contributed by atoms with Gasteiger partial charge in [0, 0.05) is 31.1 Å². The highest BCUT2D eigenvalue weighted by Crippen LogP contribution is 2.29. The second-order valence-electron chi connectivity index (χ2n) is 5.45. The Balaban J connectivity index is 2.14. The average Bonchev–Trinajstić information content (AvgIpc) is 2.80. The number of morpholine rings is 1. The number of aromatic nitrogens is 1. The normalized spacial score (nSPS) is 19.9. The third kappa shape index (κ3) is 3.91. The number of rotatable bonds is 6. The standard InChI is InChI=1S/C14H25N3O2S/c1-10(2)15-7-13-12(9-18-4)16-14(20-13)17-5-6-19-8-11(17)3/h10-11,15H,5-9H2,1-4H3. The molecule has 0 saturated carbocycles. The van der Waals surface area contributed by atoms with Crippen molar-refractivity contribution in [2.45, 2.75) is 46.0 Å². The van der Waals surface area contributed by atoms with Crippen LogP contribution in [0, 0.1) is 0 Å². The van der Waals surface area contributed by atoms with Crippen molar-refractivity contribution in [3.8, 4) is 0 Å². The number of ether oxygens (including phenoxy) is 2. The van der Waals surface area contributed by atoms with Crippen molar-refractivity contribution in [1.82, 2.24) is 10.3 Å². The summed E-state index contributed by atoms with van der Waals surface area (Å²) in [6, 6.07) is 0.856. The summed E-state index contributed by atoms with van der Waals surface area (Å²) in [5.41, 5.74) is 1.05. The number of hydrogen-bond donors (Lipinski definition) is 1. The van der Waals surface area contributed by atoms with Crippen molar-refractivity contribution < 1.29 is 9.47 Å². The molecule has 1 fully saturated rings. The van der Waals surface area contributed by atoms with Gasteiger partial charge in [-0.05, 0) is 6.92 Å². The van der Waals surface area contributed by atoms with E-state index in [2.05, 4.69) is 31.0 Å². The summed E-state index contributed by atoms with van der Waals surface area (Å²) >= 11 is 1.77. The van der Waals surface area contributed by atoms with Crippen LogP contribution in [0.4, 0.5) is 5.13 Å². The van der Waals surface area contributed by atoms with E-state index in [1.165, 1.54) is 4.88 Å². The van der Waals surface area contributed by atoms with Gasteiger partial charge in [0.15, 0.2) is 5.13 Å². The first-order valence-electron chi connectivity index (χ1n) is 7.17. The molecule has 5 nitrogen and oxygen atoms in total. The van der Waals surface area contributed by atoms with Gasteiger partial charge in [0.25, 0.3) is 0 Å². The topological polar surface area (TPSA) is 46.6 Å². The molecule has 1 unspecified atom stereocenters. The Morgan fingerprint density at radius 2 is 2.35 bits per heavy atom. The van der Waals surface area contributed by atoms with E-state index >= 15 is 0 Å². The molecule has 0 radical (unpaired) electrons. The molecular weight excluding hydrogens is 274 g/mol. The van der Waals surface area contributed by atoms with Crippen LogP contribution in [-0.4, -0.2) is 43.9 Å². The molecule has 1 atom stereocenters. The van der Waals surface area contributed by atoms with Crippen molar-refractivity contribution in [3.63, 3.8) is 0 Å². The summed E-state index contributed by atoms with van der Waals surface area (Å²) in [4.78, 5) is 8.39. The minimum absolute atomic E-state index is 0.385. The highest BCUT2D eigenvalue weighted by atomic mass is 32.1. The van der Waals surface area contributed by atoms with Gasteiger partial charge in [-0.25, -0.2) is 4.98 Å². The Bertz CT molecular complexity index is 423. The maximum absolute atomic E-state index is 5.50. The molecule has 2 heterocycles. The quantitative estimate of drug-likeness (QED) is 0.871. The lowest BCUT2D eigenvalue weighted by molar-refractivity contribution is 0.0988. The molecule has 2 rings (SSSR count). The molecule has 0 amide bonds. The van der Waals surface area contributed by atoms with Crippen LogP contribution >= 0.6 is 11.3 Å². The molecule has 0 aliphatic carbocycles. The van der Waals surface area contributed by atoms with Gasteiger partial charge < -0.3 is 19.7 Å². The van der Waals surface area contributed by atoms with Gasteiger partial charge in [-0.2, -0.15) is 0 Å². The van der Waals surface area contributed by atoms with Crippen LogP contribution in [0.2, 0.25) is 0 Å². The van der Waals surface area contributed by atoms with Crippen molar-refractivity contribution in [3.05, 3.63) is 10.6 Å². The van der Waals surface area contributed by atoms with Crippen LogP contribution in [0.5, 0.6) is 0 Å². The van der Waals surface area contributed by atoms with E-state index < -0.39 is 0 Å². The molecule has 1 aromatic heterocycles. The van der Waals surface area contributed by atoms with E-state index in [-0.39, 0.29) is 0 Å². The van der Waals surface area contributed by atoms with Crippen LogP contribution in [0.3, 0.4) is 0 Å². The second-order valence-corrected chi connectivity index (χ2v) is 6.51. The molecule has 6 heteroatoms. The predicted molar refractivity (Wildman–Crippen MR) is 82.4 cm³/mol. The maximum atomic E-state index is 5.50. The second kappa shape index (κ2) is 7.36. The predicted octanol–water partition coefficient (Wildman–Crippen LogP) is 2.01. The molecule has 1 aliphatic heterocycles. The van der Waals surface area contributed by atoms with Crippen molar-refractivity contribution >= 4 is 16.5 Å². The van der Waals surface area contributed by atoms with E-state index in [4.69, 9.17) is 14.5 Å². The fourth-order valence-corrected chi connectivity index (χ4v) is 3.33. The molecular formula is C14H25N3O2S. The number of methoxy groups -OCH3 is 1. The van der Waals surface area contributed by atoms with Crippen molar-refractivity contribution in [2.24, 2.45) is 0 Å². The first kappa shape index (κ1) is 15.7. The van der Waals surface area contributed by atoms with Crippen LogP contribution in [0.15, 0.2) is 0 Å². The summed E-state index contributed by atoms with van der Waals surface area (Å²) in [5, 5.41) is 4.55. The van der Waals surface area contributed by atoms with Gasteiger partial charge in [-0.3, -0.25) is 0 Å². The fraction of sp³-hybridized carbons (Fsp3) is 0.786. The smallest absolute Gasteiger partial charge is 0.186 e. The van der Waals surface area contributed by atoms with E-state index in [1.807, 2.05) is 0 Å². The number of thiazole rings is 1. The SMILES string of the molecule is COCc1nc(N2CCOCC2C)sc1CNC(C)C. The molecule has 114 valence electrons. The molecule has 0 spiro atoms. The summed E-state index contributed by atoms with van der Waals surface area (Å²) in [6.07, 6.45) is 0. The lowest BCUT2D eigenvalue weighted by atomic mass is 10.3. The number of anilines is 1. The summed E-state index contributed by atoms with van der Waals surface area (Å²) < 4.78 is 10.8. The van der Waals surface area contributed by atoms with Crippen LogP contribution in [-0.2, 0) is 22.6 Å². The lowest BCUT2D eigenvalue weighted by Gasteiger charge is -2.32. The van der Waals surface area contributed by atoms with Crippen LogP contribution in [0.1, 0.15) is 31.3 Å². The fourth-order valence-electron chi connectivity index (χ4n) is 2.19. The minimum Gasteiger partial charge on any atom is -0.378 e. The Morgan fingerprint density at radius 3 is 3.00 bits per heavy atom. The first-order valence-corrected chi connectivity index (χ1v) is 7.98. The molecule has 20 heavy (non-hydrogen) atoms. The Kier molecular flexibility index (Phi) is 5.77. The van der Waals surface area contributed by atoms with Gasteiger partial charge in [-0.1, -0.05) is 13.8 Å². The molecule has 1 aliphatic rings. The molecule has 0 aromatic carbocycles. The lowest BCUT2D eigenvalue weighted by Crippen LogP contribution is -2.43. The van der Waals surface area contributed by atoms with Crippen molar-refractivity contribution in [1.29, 1.82) is 0 Å². The third-order valence-electron chi connectivity index (χ3n) is 3.33. The molecule has 1 N–H and O–H groups in total. The summed E-state index contributed by atoms with van der Waals surface area (Å²) in [6.45, 7) is 10.4. The van der Waals surface area contributed by atoms with Gasteiger partial charge in [-0.15, -0.1) is 11.3 Å². The van der Waals surface area contributed by atoms with Gasteiger partial charge in [0.1, 0.15) is 0 Å². The van der Waals surface area contributed by atoms with Crippen LogP contribution < -0.4 is 10.2 Å². The van der Waals surface area contributed by atoms with E-state index in [0.717, 1.165) is 37.1 Å². The summed E-state index contributed by atoms with van der Waals surface area (Å²) in [5.74, 6) is 0. The first-order chi connectivity index (χ1) is 9.61. The Hall–Kier alpha value is -0.690. The van der Waals surface area contributed by atoms with E-state index in [0.29, 0.717) is 18.7 Å². The maximum Gasteiger partial charge on any atom is 0.186 e. The molecule has 0 bridgehead atoms. The van der Waals surface area contributed by atoms with Crippen LogP contribution in [0.25, 0.3) is 0 Å². The number of nitrogens with one attached hydrogen (secondary N) is 1. The molecule has 1 aromatic rings. The third-order valence-corrected chi connectivity index (χ3v) is 4.47.